The average Bonchev–Trinajstić information content (AvgIpc) is 2.13. The molecular weight excluding hydrogens is 148 g/mol. The molecule has 0 unspecified atom stereocenters. The van der Waals surface area contributed by atoms with Crippen molar-refractivity contribution >= 4 is 16.8 Å². The molecule has 0 fully saturated rings. The average molecular weight is 161 g/mol. The predicted molar refractivity (Wildman–Crippen MR) is 44.3 cm³/mol. The van der Waals surface area contributed by atoms with Gasteiger partial charge in [0.1, 0.15) is 5.17 Å². The number of halogens is 1. The maximum absolute atomic E-state index is 5.70. The lowest BCUT2D eigenvalue weighted by Crippen LogP contribution is -2.19. The zero-order valence-electron chi connectivity index (χ0n) is 6.47. The molecule has 1 rings (SSSR count). The first-order valence-corrected chi connectivity index (χ1v) is 4.04. The van der Waals surface area contributed by atoms with E-state index >= 15 is 0 Å². The van der Waals surface area contributed by atoms with Gasteiger partial charge in [-0.3, -0.25) is 5.01 Å². The van der Waals surface area contributed by atoms with E-state index in [1.807, 2.05) is 5.01 Å². The third-order valence-electron chi connectivity index (χ3n) is 1.40. The van der Waals surface area contributed by atoms with Gasteiger partial charge in [0.25, 0.3) is 0 Å². The molecule has 3 heteroatoms. The van der Waals surface area contributed by atoms with Crippen LogP contribution in [0.1, 0.15) is 20.3 Å². The number of hydrazone groups is 1. The summed E-state index contributed by atoms with van der Waals surface area (Å²) in [5.74, 6) is 0.673. The Bertz CT molecular complexity index is 143. The first-order chi connectivity index (χ1) is 4.68. The second-order valence-electron chi connectivity index (χ2n) is 3.03. The van der Waals surface area contributed by atoms with E-state index in [1.54, 1.807) is 0 Å². The Kier molecular flexibility index (Phi) is 2.55. The molecule has 0 spiro atoms. The molecule has 0 saturated carbocycles. The Hall–Kier alpha value is -0.240. The van der Waals surface area contributed by atoms with Crippen molar-refractivity contribution in [1.29, 1.82) is 0 Å². The maximum Gasteiger partial charge on any atom is 0.128 e. The summed E-state index contributed by atoms with van der Waals surface area (Å²) >= 11 is 5.70. The fourth-order valence-electron chi connectivity index (χ4n) is 1.03. The number of rotatable bonds is 2. The smallest absolute Gasteiger partial charge is 0.128 e. The third kappa shape index (κ3) is 2.18. The predicted octanol–water partition coefficient (Wildman–Crippen LogP) is 1.90. The summed E-state index contributed by atoms with van der Waals surface area (Å²) in [6.45, 7) is 6.39. The second-order valence-corrected chi connectivity index (χ2v) is 3.47. The topological polar surface area (TPSA) is 15.6 Å². The first kappa shape index (κ1) is 7.86. The largest absolute Gasteiger partial charge is 0.295 e. The highest BCUT2D eigenvalue weighted by Gasteiger charge is 2.12. The Balaban J connectivity index is 2.31. The van der Waals surface area contributed by atoms with Crippen LogP contribution in [0.15, 0.2) is 5.10 Å². The Morgan fingerprint density at radius 3 is 2.80 bits per heavy atom. The van der Waals surface area contributed by atoms with Crippen molar-refractivity contribution in [3.63, 3.8) is 0 Å². The van der Waals surface area contributed by atoms with Crippen molar-refractivity contribution in [2.24, 2.45) is 11.0 Å². The lowest BCUT2D eigenvalue weighted by atomic mass is 10.2. The first-order valence-electron chi connectivity index (χ1n) is 3.66. The number of hydrogen-bond donors (Lipinski definition) is 0. The minimum absolute atomic E-state index is 0.673. The van der Waals surface area contributed by atoms with E-state index in [0.29, 0.717) is 5.92 Å². The normalized spacial score (nSPS) is 18.4. The molecule has 1 heterocycles. The Morgan fingerprint density at radius 1 is 1.70 bits per heavy atom. The summed E-state index contributed by atoms with van der Waals surface area (Å²) in [5, 5.41) is 6.93. The number of hydrogen-bond acceptors (Lipinski definition) is 2. The molecular formula is C7H13ClN2. The molecule has 58 valence electrons. The van der Waals surface area contributed by atoms with Gasteiger partial charge in [-0.15, -0.1) is 0 Å². The van der Waals surface area contributed by atoms with Gasteiger partial charge < -0.3 is 0 Å². The van der Waals surface area contributed by atoms with Crippen LogP contribution in [0.4, 0.5) is 0 Å². The molecule has 0 aromatic heterocycles. The minimum atomic E-state index is 0.673. The van der Waals surface area contributed by atoms with Crippen molar-refractivity contribution in [2.45, 2.75) is 20.3 Å². The molecule has 0 bridgehead atoms. The molecule has 0 N–H and O–H groups in total. The maximum atomic E-state index is 5.70. The third-order valence-corrected chi connectivity index (χ3v) is 1.67. The van der Waals surface area contributed by atoms with Crippen molar-refractivity contribution in [3.8, 4) is 0 Å². The summed E-state index contributed by atoms with van der Waals surface area (Å²) in [6.07, 6.45) is 0.925. The zero-order valence-corrected chi connectivity index (χ0v) is 7.23. The van der Waals surface area contributed by atoms with Gasteiger partial charge in [-0.1, -0.05) is 25.4 Å². The molecule has 0 amide bonds. The fraction of sp³-hybridized carbons (Fsp3) is 0.857. The molecule has 10 heavy (non-hydrogen) atoms. The van der Waals surface area contributed by atoms with E-state index in [0.717, 1.165) is 24.7 Å². The molecule has 2 nitrogen and oxygen atoms in total. The van der Waals surface area contributed by atoms with Crippen molar-refractivity contribution in [1.82, 2.24) is 5.01 Å². The molecule has 0 saturated heterocycles. The highest BCUT2D eigenvalue weighted by Crippen LogP contribution is 2.10. The molecule has 0 radical (unpaired) electrons. The van der Waals surface area contributed by atoms with Gasteiger partial charge in [-0.05, 0) is 5.92 Å². The van der Waals surface area contributed by atoms with Crippen LogP contribution >= 0.6 is 11.6 Å². The summed E-state index contributed by atoms with van der Waals surface area (Å²) in [6, 6.07) is 0. The van der Waals surface area contributed by atoms with Crippen LogP contribution < -0.4 is 0 Å². The van der Waals surface area contributed by atoms with E-state index < -0.39 is 0 Å². The lowest BCUT2D eigenvalue weighted by Gasteiger charge is -2.14. The molecule has 1 aliphatic rings. The molecule has 1 aliphatic heterocycles. The van der Waals surface area contributed by atoms with Gasteiger partial charge in [0.15, 0.2) is 0 Å². The van der Waals surface area contributed by atoms with Crippen LogP contribution in [0.3, 0.4) is 0 Å². The van der Waals surface area contributed by atoms with Crippen molar-refractivity contribution in [2.75, 3.05) is 13.1 Å². The van der Waals surface area contributed by atoms with Crippen molar-refractivity contribution < 1.29 is 0 Å². The quantitative estimate of drug-likeness (QED) is 0.603. The van der Waals surface area contributed by atoms with Crippen LogP contribution in [0, 0.1) is 5.92 Å². The summed E-state index contributed by atoms with van der Waals surface area (Å²) in [7, 11) is 0. The van der Waals surface area contributed by atoms with Gasteiger partial charge in [0.2, 0.25) is 0 Å². The summed E-state index contributed by atoms with van der Waals surface area (Å²) in [5.41, 5.74) is 0. The lowest BCUT2D eigenvalue weighted by molar-refractivity contribution is 0.281. The van der Waals surface area contributed by atoms with Crippen molar-refractivity contribution in [3.05, 3.63) is 0 Å². The number of nitrogens with zero attached hydrogens (tertiary/aromatic N) is 2. The van der Waals surface area contributed by atoms with E-state index in [-0.39, 0.29) is 0 Å². The Labute approximate surface area is 66.9 Å². The standard InChI is InChI=1S/C7H13ClN2/c1-6(2)5-10-4-3-7(8)9-10/h6H,3-5H2,1-2H3. The van der Waals surface area contributed by atoms with Gasteiger partial charge in [0.05, 0.1) is 0 Å². The van der Waals surface area contributed by atoms with E-state index in [1.165, 1.54) is 0 Å². The molecule has 0 atom stereocenters. The minimum Gasteiger partial charge on any atom is -0.295 e. The Morgan fingerprint density at radius 2 is 2.40 bits per heavy atom. The fourth-order valence-corrected chi connectivity index (χ4v) is 1.22. The molecule has 0 aliphatic carbocycles. The van der Waals surface area contributed by atoms with Gasteiger partial charge in [-0.25, -0.2) is 0 Å². The van der Waals surface area contributed by atoms with Gasteiger partial charge in [-0.2, -0.15) is 5.10 Å². The molecule has 0 aromatic rings. The van der Waals surface area contributed by atoms with Crippen LogP contribution in [0.5, 0.6) is 0 Å². The monoisotopic (exact) mass is 160 g/mol. The summed E-state index contributed by atoms with van der Waals surface area (Å²) < 4.78 is 0. The van der Waals surface area contributed by atoms with E-state index in [9.17, 15) is 0 Å². The van der Waals surface area contributed by atoms with Crippen LogP contribution in [0.25, 0.3) is 0 Å². The SMILES string of the molecule is CC(C)CN1CCC(Cl)=N1. The van der Waals surface area contributed by atoms with Crippen LogP contribution in [-0.2, 0) is 0 Å². The highest BCUT2D eigenvalue weighted by atomic mass is 35.5. The molecule has 0 aromatic carbocycles. The zero-order chi connectivity index (χ0) is 7.56. The van der Waals surface area contributed by atoms with E-state index in [4.69, 9.17) is 11.6 Å². The van der Waals surface area contributed by atoms with Gasteiger partial charge in [0, 0.05) is 19.5 Å². The van der Waals surface area contributed by atoms with Gasteiger partial charge >= 0.3 is 0 Å². The highest BCUT2D eigenvalue weighted by molar-refractivity contribution is 6.65. The van der Waals surface area contributed by atoms with Crippen LogP contribution in [0.2, 0.25) is 0 Å². The summed E-state index contributed by atoms with van der Waals surface area (Å²) in [4.78, 5) is 0. The van der Waals surface area contributed by atoms with Crippen LogP contribution in [-0.4, -0.2) is 23.3 Å². The van der Waals surface area contributed by atoms with E-state index in [2.05, 4.69) is 18.9 Å². The second kappa shape index (κ2) is 3.24.